The summed E-state index contributed by atoms with van der Waals surface area (Å²) in [6.07, 6.45) is 0. The normalized spacial score (nSPS) is 13.2. The van der Waals surface area contributed by atoms with E-state index in [2.05, 4.69) is 11.4 Å². The summed E-state index contributed by atoms with van der Waals surface area (Å²) in [5, 5.41) is 12.0. The number of nitrogens with zero attached hydrogens (tertiary/aromatic N) is 3. The van der Waals surface area contributed by atoms with Crippen molar-refractivity contribution in [2.75, 3.05) is 31.5 Å². The van der Waals surface area contributed by atoms with Crippen molar-refractivity contribution in [2.24, 2.45) is 0 Å². The second kappa shape index (κ2) is 9.67. The van der Waals surface area contributed by atoms with E-state index in [-0.39, 0.29) is 11.9 Å². The molecule has 1 heterocycles. The fourth-order valence-corrected chi connectivity index (χ4v) is 3.46. The molecule has 3 aromatic carbocycles. The Morgan fingerprint density at radius 1 is 0.812 bits per heavy atom. The number of benzene rings is 3. The number of rotatable bonds is 4. The van der Waals surface area contributed by atoms with Crippen molar-refractivity contribution in [1.29, 1.82) is 5.26 Å². The molecule has 32 heavy (non-hydrogen) atoms. The van der Waals surface area contributed by atoms with Crippen LogP contribution >= 0.6 is 0 Å². The average Bonchev–Trinajstić information content (AvgIpc) is 2.85. The monoisotopic (exact) mass is 426 g/mol. The van der Waals surface area contributed by atoms with E-state index in [0.29, 0.717) is 54.5 Å². The highest BCUT2D eigenvalue weighted by atomic mass is 16.5. The molecule has 0 bridgehead atoms. The van der Waals surface area contributed by atoms with Crippen LogP contribution in [-0.2, 0) is 0 Å². The summed E-state index contributed by atoms with van der Waals surface area (Å²) in [6, 6.07) is 25.0. The zero-order chi connectivity index (χ0) is 22.3. The van der Waals surface area contributed by atoms with Crippen LogP contribution in [0.2, 0.25) is 0 Å². The first kappa shape index (κ1) is 20.9. The number of para-hydroxylation sites is 1. The summed E-state index contributed by atoms with van der Waals surface area (Å²) < 4.78 is 5.76. The molecule has 0 atom stereocenters. The van der Waals surface area contributed by atoms with Crippen LogP contribution in [0.4, 0.5) is 10.5 Å². The molecule has 160 valence electrons. The zero-order valence-corrected chi connectivity index (χ0v) is 17.4. The van der Waals surface area contributed by atoms with Crippen LogP contribution < -0.4 is 10.1 Å². The van der Waals surface area contributed by atoms with Crippen LogP contribution in [0.5, 0.6) is 11.5 Å². The summed E-state index contributed by atoms with van der Waals surface area (Å²) >= 11 is 0. The fraction of sp³-hybridized carbons (Fsp3) is 0.160. The number of hydrogen-bond acceptors (Lipinski definition) is 4. The second-order valence-corrected chi connectivity index (χ2v) is 7.31. The number of amides is 3. The van der Waals surface area contributed by atoms with E-state index in [1.807, 2.05) is 18.2 Å². The van der Waals surface area contributed by atoms with Crippen molar-refractivity contribution in [3.8, 4) is 17.6 Å². The van der Waals surface area contributed by atoms with Gasteiger partial charge in [0.25, 0.3) is 5.91 Å². The Hall–Kier alpha value is -4.31. The minimum absolute atomic E-state index is 0.0146. The molecule has 1 aliphatic heterocycles. The molecule has 4 rings (SSSR count). The third-order valence-corrected chi connectivity index (χ3v) is 5.22. The lowest BCUT2D eigenvalue weighted by Crippen LogP contribution is -2.51. The van der Waals surface area contributed by atoms with Crippen molar-refractivity contribution < 1.29 is 14.3 Å². The Morgan fingerprint density at radius 2 is 1.44 bits per heavy atom. The van der Waals surface area contributed by atoms with Crippen LogP contribution in [0.1, 0.15) is 15.9 Å². The summed E-state index contributed by atoms with van der Waals surface area (Å²) in [5.41, 5.74) is 1.75. The van der Waals surface area contributed by atoms with Gasteiger partial charge in [-0.05, 0) is 48.5 Å². The van der Waals surface area contributed by atoms with Gasteiger partial charge in [-0.25, -0.2) is 4.79 Å². The predicted octanol–water partition coefficient (Wildman–Crippen LogP) is 4.34. The fourth-order valence-electron chi connectivity index (χ4n) is 3.46. The Labute approximate surface area is 186 Å². The number of hydrogen-bond donors (Lipinski definition) is 1. The van der Waals surface area contributed by atoms with Gasteiger partial charge in [0.2, 0.25) is 0 Å². The van der Waals surface area contributed by atoms with Crippen molar-refractivity contribution in [2.45, 2.75) is 0 Å². The van der Waals surface area contributed by atoms with Crippen molar-refractivity contribution in [3.05, 3.63) is 90.0 Å². The summed E-state index contributed by atoms with van der Waals surface area (Å²) in [5.74, 6) is 1.03. The average molecular weight is 426 g/mol. The highest BCUT2D eigenvalue weighted by Crippen LogP contribution is 2.26. The van der Waals surface area contributed by atoms with Gasteiger partial charge in [0, 0.05) is 37.4 Å². The van der Waals surface area contributed by atoms with E-state index in [1.165, 1.54) is 0 Å². The quantitative estimate of drug-likeness (QED) is 0.672. The molecule has 0 unspecified atom stereocenters. The van der Waals surface area contributed by atoms with Crippen LogP contribution in [0.25, 0.3) is 0 Å². The zero-order valence-electron chi connectivity index (χ0n) is 17.4. The highest BCUT2D eigenvalue weighted by molar-refractivity contribution is 5.94. The molecule has 3 amide bonds. The third-order valence-electron chi connectivity index (χ3n) is 5.22. The maximum atomic E-state index is 12.6. The SMILES string of the molecule is N#Cc1ccccc1Oc1ccc(NC(=O)N2CCN(C(=O)c3ccccc3)CC2)cc1. The number of urea groups is 1. The van der Waals surface area contributed by atoms with Crippen LogP contribution in [0.3, 0.4) is 0 Å². The molecule has 0 aliphatic carbocycles. The van der Waals surface area contributed by atoms with Crippen molar-refractivity contribution in [3.63, 3.8) is 0 Å². The summed E-state index contributed by atoms with van der Waals surface area (Å²) in [7, 11) is 0. The number of ether oxygens (including phenoxy) is 1. The van der Waals surface area contributed by atoms with E-state index >= 15 is 0 Å². The van der Waals surface area contributed by atoms with Gasteiger partial charge < -0.3 is 19.9 Å². The minimum Gasteiger partial charge on any atom is -0.456 e. The van der Waals surface area contributed by atoms with Gasteiger partial charge in [-0.2, -0.15) is 5.26 Å². The first-order chi connectivity index (χ1) is 15.6. The maximum Gasteiger partial charge on any atom is 0.321 e. The smallest absolute Gasteiger partial charge is 0.321 e. The Balaban J connectivity index is 1.30. The number of piperazine rings is 1. The number of anilines is 1. The first-order valence-corrected chi connectivity index (χ1v) is 10.3. The number of carbonyl (C=O) groups is 2. The second-order valence-electron chi connectivity index (χ2n) is 7.31. The minimum atomic E-state index is -0.208. The predicted molar refractivity (Wildman–Crippen MR) is 121 cm³/mol. The maximum absolute atomic E-state index is 12.6. The van der Waals surface area contributed by atoms with Gasteiger partial charge >= 0.3 is 6.03 Å². The Morgan fingerprint density at radius 3 is 2.12 bits per heavy atom. The van der Waals surface area contributed by atoms with E-state index in [0.717, 1.165) is 0 Å². The van der Waals surface area contributed by atoms with Gasteiger partial charge in [0.15, 0.2) is 0 Å². The van der Waals surface area contributed by atoms with E-state index in [1.54, 1.807) is 70.5 Å². The number of nitrogens with one attached hydrogen (secondary N) is 1. The topological polar surface area (TPSA) is 85.7 Å². The highest BCUT2D eigenvalue weighted by Gasteiger charge is 2.24. The molecule has 7 heteroatoms. The first-order valence-electron chi connectivity index (χ1n) is 10.3. The van der Waals surface area contributed by atoms with Gasteiger partial charge in [0.1, 0.15) is 17.6 Å². The molecule has 0 saturated carbocycles. The largest absolute Gasteiger partial charge is 0.456 e. The third kappa shape index (κ3) is 4.87. The van der Waals surface area contributed by atoms with Gasteiger partial charge in [-0.3, -0.25) is 4.79 Å². The molecular weight excluding hydrogens is 404 g/mol. The van der Waals surface area contributed by atoms with Crippen LogP contribution in [0.15, 0.2) is 78.9 Å². The van der Waals surface area contributed by atoms with E-state index in [9.17, 15) is 9.59 Å². The van der Waals surface area contributed by atoms with Gasteiger partial charge in [-0.1, -0.05) is 30.3 Å². The molecule has 7 nitrogen and oxygen atoms in total. The van der Waals surface area contributed by atoms with E-state index < -0.39 is 0 Å². The molecule has 1 saturated heterocycles. The number of nitriles is 1. The Bertz CT molecular complexity index is 1130. The van der Waals surface area contributed by atoms with Crippen LogP contribution in [0, 0.1) is 11.3 Å². The molecule has 0 spiro atoms. The van der Waals surface area contributed by atoms with Crippen molar-refractivity contribution in [1.82, 2.24) is 9.80 Å². The Kier molecular flexibility index (Phi) is 6.33. The number of carbonyl (C=O) groups excluding carboxylic acids is 2. The molecule has 3 aromatic rings. The molecule has 1 aliphatic rings. The lowest BCUT2D eigenvalue weighted by Gasteiger charge is -2.34. The van der Waals surface area contributed by atoms with E-state index in [4.69, 9.17) is 10.00 Å². The molecule has 0 radical (unpaired) electrons. The standard InChI is InChI=1S/C25H22N4O3/c26-18-20-8-4-5-9-23(20)32-22-12-10-21(11-13-22)27-25(31)29-16-14-28(15-17-29)24(30)19-6-2-1-3-7-19/h1-13H,14-17H2,(H,27,31). The lowest BCUT2D eigenvalue weighted by molar-refractivity contribution is 0.0671. The van der Waals surface area contributed by atoms with Crippen molar-refractivity contribution >= 4 is 17.6 Å². The molecule has 0 aromatic heterocycles. The van der Waals surface area contributed by atoms with Crippen LogP contribution in [-0.4, -0.2) is 47.9 Å². The lowest BCUT2D eigenvalue weighted by atomic mass is 10.2. The molecular formula is C25H22N4O3. The summed E-state index contributed by atoms with van der Waals surface area (Å²) in [6.45, 7) is 1.92. The molecule has 1 N–H and O–H groups in total. The summed E-state index contributed by atoms with van der Waals surface area (Å²) in [4.78, 5) is 28.6. The van der Waals surface area contributed by atoms with Gasteiger partial charge in [-0.15, -0.1) is 0 Å². The molecule has 1 fully saturated rings. The van der Waals surface area contributed by atoms with Gasteiger partial charge in [0.05, 0.1) is 5.56 Å².